The van der Waals surface area contributed by atoms with Gasteiger partial charge in [0.15, 0.2) is 0 Å². The maximum atomic E-state index is 12.6. The highest BCUT2D eigenvalue weighted by molar-refractivity contribution is 7.89. The Bertz CT molecular complexity index is 972. The summed E-state index contributed by atoms with van der Waals surface area (Å²) >= 11 is 0. The van der Waals surface area contributed by atoms with Crippen molar-refractivity contribution in [2.45, 2.75) is 24.8 Å². The largest absolute Gasteiger partial charge is 0.334 e. The van der Waals surface area contributed by atoms with Gasteiger partial charge in [-0.15, -0.1) is 0 Å². The lowest BCUT2D eigenvalue weighted by molar-refractivity contribution is 0.203. The molecule has 1 aliphatic rings. The fourth-order valence-electron chi connectivity index (χ4n) is 2.95. The van der Waals surface area contributed by atoms with Crippen molar-refractivity contribution in [2.24, 2.45) is 5.14 Å². The first-order valence-corrected chi connectivity index (χ1v) is 10.1. The second-order valence-electron chi connectivity index (χ2n) is 6.42. The minimum Gasteiger partial charge on any atom is -0.334 e. The molecule has 3 N–H and O–H groups in total. The third kappa shape index (κ3) is 4.72. The predicted molar refractivity (Wildman–Crippen MR) is 103 cm³/mol. The third-order valence-electron chi connectivity index (χ3n) is 4.51. The van der Waals surface area contributed by atoms with Crippen molar-refractivity contribution in [1.82, 2.24) is 15.2 Å². The van der Waals surface area contributed by atoms with Crippen LogP contribution in [0.2, 0.25) is 0 Å². The molecule has 0 saturated heterocycles. The first-order chi connectivity index (χ1) is 12.8. The van der Waals surface area contributed by atoms with Gasteiger partial charge in [-0.05, 0) is 36.1 Å². The standard InChI is InChI=1S/C19H22N4O3S/c1-14-17(10-18(12-21-14)27(20,25)26)11-22-19(24)23-9-5-8-16(13-23)15-6-3-2-4-7-15/h2-4,6-8,10,12H,5,9,11,13H2,1H3,(H,22,24)(H2,20,25,26). The Labute approximate surface area is 159 Å². The maximum absolute atomic E-state index is 12.6. The molecule has 1 aromatic carbocycles. The van der Waals surface area contributed by atoms with E-state index in [2.05, 4.69) is 16.4 Å². The van der Waals surface area contributed by atoms with Gasteiger partial charge in [0.1, 0.15) is 4.90 Å². The zero-order valence-corrected chi connectivity index (χ0v) is 15.9. The quantitative estimate of drug-likeness (QED) is 0.839. The number of carbonyl (C=O) groups is 1. The fourth-order valence-corrected chi connectivity index (χ4v) is 3.46. The van der Waals surface area contributed by atoms with Gasteiger partial charge in [-0.1, -0.05) is 36.4 Å². The number of aryl methyl sites for hydroxylation is 1. The van der Waals surface area contributed by atoms with Crippen molar-refractivity contribution in [2.75, 3.05) is 13.1 Å². The molecule has 27 heavy (non-hydrogen) atoms. The van der Waals surface area contributed by atoms with Crippen LogP contribution in [0.1, 0.15) is 23.2 Å². The number of primary sulfonamides is 1. The molecule has 0 bridgehead atoms. The zero-order chi connectivity index (χ0) is 19.4. The van der Waals surface area contributed by atoms with Crippen molar-refractivity contribution in [3.8, 4) is 0 Å². The number of hydrogen-bond acceptors (Lipinski definition) is 4. The van der Waals surface area contributed by atoms with E-state index in [-0.39, 0.29) is 17.5 Å². The number of nitrogens with one attached hydrogen (secondary N) is 1. The van der Waals surface area contributed by atoms with Crippen LogP contribution in [-0.2, 0) is 16.6 Å². The molecule has 0 aliphatic carbocycles. The molecule has 0 fully saturated rings. The van der Waals surface area contributed by atoms with Crippen LogP contribution in [0.15, 0.2) is 53.6 Å². The number of hydrogen-bond donors (Lipinski definition) is 2. The summed E-state index contributed by atoms with van der Waals surface area (Å²) in [5.74, 6) is 0. The topological polar surface area (TPSA) is 105 Å². The number of amides is 2. The Morgan fingerprint density at radius 2 is 2.04 bits per heavy atom. The van der Waals surface area contributed by atoms with E-state index in [1.54, 1.807) is 11.8 Å². The van der Waals surface area contributed by atoms with E-state index in [1.807, 2.05) is 30.3 Å². The Balaban J connectivity index is 1.66. The first-order valence-electron chi connectivity index (χ1n) is 8.60. The van der Waals surface area contributed by atoms with E-state index >= 15 is 0 Å². The number of aromatic nitrogens is 1. The molecule has 0 radical (unpaired) electrons. The molecule has 2 heterocycles. The molecule has 8 heteroatoms. The normalized spacial score (nSPS) is 14.6. The monoisotopic (exact) mass is 386 g/mol. The van der Waals surface area contributed by atoms with Crippen LogP contribution in [0.3, 0.4) is 0 Å². The molecule has 3 rings (SSSR count). The summed E-state index contributed by atoms with van der Waals surface area (Å²) in [5, 5.41) is 7.99. The van der Waals surface area contributed by atoms with Crippen LogP contribution in [0, 0.1) is 6.92 Å². The second kappa shape index (κ2) is 7.89. The highest BCUT2D eigenvalue weighted by Crippen LogP contribution is 2.20. The maximum Gasteiger partial charge on any atom is 0.317 e. The summed E-state index contributed by atoms with van der Waals surface area (Å²) in [7, 11) is -3.83. The van der Waals surface area contributed by atoms with Crippen molar-refractivity contribution >= 4 is 21.6 Å². The summed E-state index contributed by atoms with van der Waals surface area (Å²) in [5.41, 5.74) is 3.49. The van der Waals surface area contributed by atoms with Crippen molar-refractivity contribution in [3.63, 3.8) is 0 Å². The van der Waals surface area contributed by atoms with Gasteiger partial charge in [0.2, 0.25) is 10.0 Å². The zero-order valence-electron chi connectivity index (χ0n) is 15.1. The molecule has 1 aliphatic heterocycles. The highest BCUT2D eigenvalue weighted by Gasteiger charge is 2.19. The lowest BCUT2D eigenvalue weighted by atomic mass is 10.0. The number of carbonyl (C=O) groups excluding carboxylic acids is 1. The Hall–Kier alpha value is -2.71. The molecule has 0 atom stereocenters. The number of benzene rings is 1. The molecule has 0 unspecified atom stereocenters. The van der Waals surface area contributed by atoms with Crippen molar-refractivity contribution < 1.29 is 13.2 Å². The molecule has 7 nitrogen and oxygen atoms in total. The van der Waals surface area contributed by atoms with Gasteiger partial charge >= 0.3 is 6.03 Å². The second-order valence-corrected chi connectivity index (χ2v) is 7.99. The average Bonchev–Trinajstić information content (AvgIpc) is 2.67. The first kappa shape index (κ1) is 19.1. The van der Waals surface area contributed by atoms with Gasteiger partial charge in [-0.2, -0.15) is 0 Å². The fraction of sp³-hybridized carbons (Fsp3) is 0.263. The van der Waals surface area contributed by atoms with Crippen LogP contribution in [-0.4, -0.2) is 37.4 Å². The molecule has 0 saturated carbocycles. The van der Waals surface area contributed by atoms with E-state index in [0.717, 1.165) is 17.6 Å². The minimum atomic E-state index is -3.83. The molecule has 2 aromatic rings. The summed E-state index contributed by atoms with van der Waals surface area (Å²) in [6, 6.07) is 11.2. The summed E-state index contributed by atoms with van der Waals surface area (Å²) < 4.78 is 23.0. The number of urea groups is 1. The summed E-state index contributed by atoms with van der Waals surface area (Å²) in [6.07, 6.45) is 4.17. The van der Waals surface area contributed by atoms with Gasteiger partial charge in [-0.25, -0.2) is 18.4 Å². The number of nitrogens with two attached hydrogens (primary N) is 1. The number of sulfonamides is 1. The number of pyridine rings is 1. The number of nitrogens with zero attached hydrogens (tertiary/aromatic N) is 2. The Morgan fingerprint density at radius 3 is 2.74 bits per heavy atom. The van der Waals surface area contributed by atoms with Gasteiger partial charge < -0.3 is 10.2 Å². The van der Waals surface area contributed by atoms with Crippen LogP contribution in [0.25, 0.3) is 5.57 Å². The van der Waals surface area contributed by atoms with Crippen LogP contribution in [0.4, 0.5) is 4.79 Å². The number of rotatable bonds is 4. The Morgan fingerprint density at radius 1 is 1.30 bits per heavy atom. The van der Waals surface area contributed by atoms with Crippen molar-refractivity contribution in [1.29, 1.82) is 0 Å². The van der Waals surface area contributed by atoms with Gasteiger partial charge in [0, 0.05) is 31.5 Å². The lowest BCUT2D eigenvalue weighted by Crippen LogP contribution is -2.42. The smallest absolute Gasteiger partial charge is 0.317 e. The minimum absolute atomic E-state index is 0.0652. The Kier molecular flexibility index (Phi) is 5.57. The average molecular weight is 386 g/mol. The van der Waals surface area contributed by atoms with E-state index in [1.165, 1.54) is 12.3 Å². The molecule has 0 spiro atoms. The molecular weight excluding hydrogens is 364 g/mol. The van der Waals surface area contributed by atoms with Gasteiger partial charge in [0.05, 0.1) is 0 Å². The SMILES string of the molecule is Cc1ncc(S(N)(=O)=O)cc1CNC(=O)N1CCC=C(c2ccccc2)C1. The third-order valence-corrected chi connectivity index (χ3v) is 5.39. The van der Waals surface area contributed by atoms with E-state index < -0.39 is 10.0 Å². The molecule has 2 amide bonds. The van der Waals surface area contributed by atoms with E-state index in [0.29, 0.717) is 24.3 Å². The van der Waals surface area contributed by atoms with Crippen molar-refractivity contribution in [3.05, 3.63) is 65.5 Å². The summed E-state index contributed by atoms with van der Waals surface area (Å²) in [6.45, 7) is 3.11. The molecular formula is C19H22N4O3S. The van der Waals surface area contributed by atoms with Crippen LogP contribution >= 0.6 is 0 Å². The van der Waals surface area contributed by atoms with Gasteiger partial charge in [0.25, 0.3) is 0 Å². The summed E-state index contributed by atoms with van der Waals surface area (Å²) in [4.78, 5) is 18.3. The van der Waals surface area contributed by atoms with E-state index in [9.17, 15) is 13.2 Å². The molecule has 1 aromatic heterocycles. The highest BCUT2D eigenvalue weighted by atomic mass is 32.2. The van der Waals surface area contributed by atoms with Crippen LogP contribution in [0.5, 0.6) is 0 Å². The van der Waals surface area contributed by atoms with Gasteiger partial charge in [-0.3, -0.25) is 4.98 Å². The lowest BCUT2D eigenvalue weighted by Gasteiger charge is -2.28. The predicted octanol–water partition coefficient (Wildman–Crippen LogP) is 2.04. The molecule has 142 valence electrons. The van der Waals surface area contributed by atoms with E-state index in [4.69, 9.17) is 5.14 Å². The van der Waals surface area contributed by atoms with Crippen LogP contribution < -0.4 is 10.5 Å².